The van der Waals surface area contributed by atoms with Gasteiger partial charge in [-0.1, -0.05) is 6.92 Å². The highest BCUT2D eigenvalue weighted by Crippen LogP contribution is 2.28. The maximum atomic E-state index is 11.5. The van der Waals surface area contributed by atoms with Crippen LogP contribution in [-0.2, 0) is 4.79 Å². The molecule has 0 atom stereocenters. The van der Waals surface area contributed by atoms with Gasteiger partial charge in [0.1, 0.15) is 0 Å². The molecule has 0 aliphatic heterocycles. The van der Waals surface area contributed by atoms with Crippen molar-refractivity contribution in [1.29, 1.82) is 0 Å². The predicted octanol–water partition coefficient (Wildman–Crippen LogP) is 3.07. The molecule has 0 amide bonds. The lowest BCUT2D eigenvalue weighted by molar-refractivity contribution is -0.131. The third-order valence-corrected chi connectivity index (χ3v) is 4.18. The number of carboxylic acids is 1. The molecule has 1 aromatic rings. The number of carbonyl (C=O) groups is 2. The van der Waals surface area contributed by atoms with Crippen molar-refractivity contribution in [3.05, 3.63) is 29.2 Å². The Morgan fingerprint density at radius 2 is 2.19 bits per heavy atom. The highest BCUT2D eigenvalue weighted by molar-refractivity contribution is 8.01. The van der Waals surface area contributed by atoms with Crippen LogP contribution >= 0.6 is 23.1 Å². The van der Waals surface area contributed by atoms with Gasteiger partial charge in [0.2, 0.25) is 0 Å². The number of ketones is 1. The fourth-order valence-corrected chi connectivity index (χ4v) is 2.94. The molecule has 1 rings (SSSR count). The van der Waals surface area contributed by atoms with Crippen LogP contribution in [0.4, 0.5) is 0 Å². The zero-order valence-electron chi connectivity index (χ0n) is 8.80. The molecular formula is C11H12O3S2. The van der Waals surface area contributed by atoms with Gasteiger partial charge in [0, 0.05) is 6.08 Å². The molecule has 16 heavy (non-hydrogen) atoms. The standard InChI is InChI=1S/C11H12O3S2/c1-2-7-15-11-6-4-9(16-11)8(12)3-5-10(13)14/h3-6H,2,7H2,1H3,(H,13,14)/b5-3+. The highest BCUT2D eigenvalue weighted by Gasteiger charge is 2.06. The minimum atomic E-state index is -1.11. The summed E-state index contributed by atoms with van der Waals surface area (Å²) in [4.78, 5) is 22.3. The quantitative estimate of drug-likeness (QED) is 0.483. The molecule has 5 heteroatoms. The van der Waals surface area contributed by atoms with Gasteiger partial charge < -0.3 is 5.11 Å². The molecular weight excluding hydrogens is 244 g/mol. The van der Waals surface area contributed by atoms with Crippen LogP contribution in [0.5, 0.6) is 0 Å². The fraction of sp³-hybridized carbons (Fsp3) is 0.273. The van der Waals surface area contributed by atoms with Crippen molar-refractivity contribution in [3.8, 4) is 0 Å². The Kier molecular flexibility index (Phi) is 5.28. The van der Waals surface area contributed by atoms with E-state index in [1.807, 2.05) is 6.07 Å². The topological polar surface area (TPSA) is 54.4 Å². The van der Waals surface area contributed by atoms with E-state index in [2.05, 4.69) is 6.92 Å². The monoisotopic (exact) mass is 256 g/mol. The Balaban J connectivity index is 2.63. The van der Waals surface area contributed by atoms with E-state index in [1.165, 1.54) is 11.3 Å². The summed E-state index contributed by atoms with van der Waals surface area (Å²) in [5, 5.41) is 8.39. The zero-order valence-corrected chi connectivity index (χ0v) is 10.4. The first kappa shape index (κ1) is 13.0. The number of hydrogen-bond donors (Lipinski definition) is 1. The average Bonchev–Trinajstić information content (AvgIpc) is 2.71. The molecule has 1 N–H and O–H groups in total. The van der Waals surface area contributed by atoms with E-state index in [4.69, 9.17) is 5.11 Å². The third-order valence-electron chi connectivity index (χ3n) is 1.65. The van der Waals surface area contributed by atoms with Crippen molar-refractivity contribution >= 4 is 34.9 Å². The third kappa shape index (κ3) is 4.20. The lowest BCUT2D eigenvalue weighted by Gasteiger charge is -1.92. The zero-order chi connectivity index (χ0) is 12.0. The Hall–Kier alpha value is -1.07. The second-order valence-corrected chi connectivity index (χ2v) is 5.48. The summed E-state index contributed by atoms with van der Waals surface area (Å²) in [6.45, 7) is 2.10. The maximum absolute atomic E-state index is 11.5. The van der Waals surface area contributed by atoms with Crippen molar-refractivity contribution in [2.45, 2.75) is 17.6 Å². The first-order chi connectivity index (χ1) is 7.63. The van der Waals surface area contributed by atoms with Crippen LogP contribution in [0.1, 0.15) is 23.0 Å². The van der Waals surface area contributed by atoms with E-state index >= 15 is 0 Å². The first-order valence-electron chi connectivity index (χ1n) is 4.81. The summed E-state index contributed by atoms with van der Waals surface area (Å²) < 4.78 is 1.09. The van der Waals surface area contributed by atoms with Gasteiger partial charge in [-0.2, -0.15) is 0 Å². The number of carbonyl (C=O) groups excluding carboxylic acids is 1. The summed E-state index contributed by atoms with van der Waals surface area (Å²) in [5.41, 5.74) is 0. The van der Waals surface area contributed by atoms with Crippen molar-refractivity contribution in [3.63, 3.8) is 0 Å². The van der Waals surface area contributed by atoms with E-state index < -0.39 is 5.97 Å². The number of hydrogen-bond acceptors (Lipinski definition) is 4. The summed E-state index contributed by atoms with van der Waals surface area (Å²) in [5.74, 6) is -0.333. The number of thioether (sulfide) groups is 1. The van der Waals surface area contributed by atoms with Crippen molar-refractivity contribution in [2.24, 2.45) is 0 Å². The summed E-state index contributed by atoms with van der Waals surface area (Å²) in [7, 11) is 0. The minimum Gasteiger partial charge on any atom is -0.478 e. The summed E-state index contributed by atoms with van der Waals surface area (Å²) >= 11 is 3.11. The van der Waals surface area contributed by atoms with Crippen LogP contribution in [0.25, 0.3) is 0 Å². The van der Waals surface area contributed by atoms with Gasteiger partial charge in [-0.05, 0) is 30.4 Å². The van der Waals surface area contributed by atoms with Gasteiger partial charge in [0.15, 0.2) is 5.78 Å². The van der Waals surface area contributed by atoms with Gasteiger partial charge >= 0.3 is 5.97 Å². The van der Waals surface area contributed by atoms with E-state index in [-0.39, 0.29) is 5.78 Å². The fourth-order valence-electron chi connectivity index (χ4n) is 0.962. The van der Waals surface area contributed by atoms with Crippen LogP contribution < -0.4 is 0 Å². The lowest BCUT2D eigenvalue weighted by Crippen LogP contribution is -1.93. The van der Waals surface area contributed by atoms with Gasteiger partial charge in [-0.3, -0.25) is 4.79 Å². The van der Waals surface area contributed by atoms with Gasteiger partial charge in [-0.15, -0.1) is 23.1 Å². The number of carboxylic acid groups (broad SMARTS) is 1. The molecule has 86 valence electrons. The molecule has 0 saturated heterocycles. The minimum absolute atomic E-state index is 0.254. The molecule has 0 aliphatic carbocycles. The molecule has 0 unspecified atom stereocenters. The molecule has 1 aromatic heterocycles. The van der Waals surface area contributed by atoms with Crippen LogP contribution in [-0.4, -0.2) is 22.6 Å². The van der Waals surface area contributed by atoms with Crippen molar-refractivity contribution in [2.75, 3.05) is 5.75 Å². The number of aliphatic carboxylic acids is 1. The Morgan fingerprint density at radius 3 is 2.81 bits per heavy atom. The SMILES string of the molecule is CCCSc1ccc(C(=O)/C=C/C(=O)O)s1. The molecule has 1 heterocycles. The highest BCUT2D eigenvalue weighted by atomic mass is 32.2. The summed E-state index contributed by atoms with van der Waals surface area (Å²) in [6, 6.07) is 3.63. The smallest absolute Gasteiger partial charge is 0.328 e. The Labute approximate surface area is 102 Å². The largest absolute Gasteiger partial charge is 0.478 e. The molecule has 0 bridgehead atoms. The molecule has 0 saturated carbocycles. The first-order valence-corrected chi connectivity index (χ1v) is 6.61. The molecule has 0 fully saturated rings. The molecule has 0 radical (unpaired) electrons. The van der Waals surface area contributed by atoms with E-state index in [1.54, 1.807) is 17.8 Å². The maximum Gasteiger partial charge on any atom is 0.328 e. The summed E-state index contributed by atoms with van der Waals surface area (Å²) in [6.07, 6.45) is 3.04. The normalized spacial score (nSPS) is 10.8. The van der Waals surface area contributed by atoms with Gasteiger partial charge in [0.25, 0.3) is 0 Å². The predicted molar refractivity (Wildman–Crippen MR) is 66.4 cm³/mol. The van der Waals surface area contributed by atoms with Crippen molar-refractivity contribution in [1.82, 2.24) is 0 Å². The Bertz CT molecular complexity index is 407. The second kappa shape index (κ2) is 6.50. The lowest BCUT2D eigenvalue weighted by atomic mass is 10.3. The number of rotatable bonds is 6. The van der Waals surface area contributed by atoms with Gasteiger partial charge in [-0.25, -0.2) is 4.79 Å². The van der Waals surface area contributed by atoms with E-state index in [0.29, 0.717) is 4.88 Å². The molecule has 0 spiro atoms. The molecule has 0 aromatic carbocycles. The second-order valence-electron chi connectivity index (χ2n) is 3.00. The Morgan fingerprint density at radius 1 is 1.44 bits per heavy atom. The number of thiophene rings is 1. The van der Waals surface area contributed by atoms with Crippen molar-refractivity contribution < 1.29 is 14.7 Å². The average molecular weight is 256 g/mol. The molecule has 3 nitrogen and oxygen atoms in total. The van der Waals surface area contributed by atoms with Crippen LogP contribution in [0, 0.1) is 0 Å². The van der Waals surface area contributed by atoms with Crippen LogP contribution in [0.3, 0.4) is 0 Å². The van der Waals surface area contributed by atoms with Gasteiger partial charge in [0.05, 0.1) is 9.09 Å². The van der Waals surface area contributed by atoms with Crippen LogP contribution in [0.15, 0.2) is 28.5 Å². The molecule has 0 aliphatic rings. The van der Waals surface area contributed by atoms with E-state index in [0.717, 1.165) is 28.5 Å². The number of allylic oxidation sites excluding steroid dienone is 1. The van der Waals surface area contributed by atoms with Crippen LogP contribution in [0.2, 0.25) is 0 Å². The van der Waals surface area contributed by atoms with E-state index in [9.17, 15) is 9.59 Å².